The SMILES string of the molecule is CCOC(=O)c1ccc(NC(=O)CCN)cc1.CCOC(=O)c1ccc(NC(=O)CCn2ccc3c2CCCC3=O)cc1.O=C1CCCc2occc21. The van der Waals surface area contributed by atoms with E-state index < -0.39 is 0 Å². The summed E-state index contributed by atoms with van der Waals surface area (Å²) in [6, 6.07) is 16.7. The Morgan fingerprint density at radius 2 is 1.23 bits per heavy atom. The van der Waals surface area contributed by atoms with Crippen molar-refractivity contribution in [1.82, 2.24) is 4.57 Å². The molecule has 53 heavy (non-hydrogen) atoms. The van der Waals surface area contributed by atoms with Crippen LogP contribution in [0.2, 0.25) is 0 Å². The summed E-state index contributed by atoms with van der Waals surface area (Å²) in [6.45, 7) is 5.02. The van der Waals surface area contributed by atoms with Crippen molar-refractivity contribution in [1.29, 1.82) is 0 Å². The lowest BCUT2D eigenvalue weighted by Crippen LogP contribution is -2.17. The summed E-state index contributed by atoms with van der Waals surface area (Å²) in [6.07, 6.45) is 8.98. The number of nitrogens with zero attached hydrogens (tertiary/aromatic N) is 1. The zero-order valence-corrected chi connectivity index (χ0v) is 30.1. The van der Waals surface area contributed by atoms with Crippen LogP contribution in [0.25, 0.3) is 0 Å². The fourth-order valence-corrected chi connectivity index (χ4v) is 5.73. The first kappa shape index (κ1) is 40.0. The zero-order valence-electron chi connectivity index (χ0n) is 30.1. The van der Waals surface area contributed by atoms with Crippen molar-refractivity contribution >= 4 is 46.7 Å². The second-order valence-electron chi connectivity index (χ2n) is 12.2. The highest BCUT2D eigenvalue weighted by atomic mass is 16.5. The maximum atomic E-state index is 12.2. The van der Waals surface area contributed by atoms with Crippen molar-refractivity contribution in [2.24, 2.45) is 5.73 Å². The molecule has 2 amide bonds. The van der Waals surface area contributed by atoms with E-state index in [-0.39, 0.29) is 41.7 Å². The van der Waals surface area contributed by atoms with Gasteiger partial charge in [0.25, 0.3) is 0 Å². The average molecular weight is 727 g/mol. The fraction of sp³-hybridized carbons (Fsp3) is 0.350. The van der Waals surface area contributed by atoms with Gasteiger partial charge in [0.15, 0.2) is 11.6 Å². The number of anilines is 2. The van der Waals surface area contributed by atoms with Crippen LogP contribution in [-0.4, -0.2) is 59.6 Å². The Labute approximate surface area is 308 Å². The van der Waals surface area contributed by atoms with Crippen molar-refractivity contribution in [2.45, 2.75) is 71.8 Å². The molecule has 2 aliphatic carbocycles. The molecule has 280 valence electrons. The van der Waals surface area contributed by atoms with Crippen LogP contribution in [0.5, 0.6) is 0 Å². The molecule has 0 atom stereocenters. The molecule has 0 saturated carbocycles. The van der Waals surface area contributed by atoms with Crippen molar-refractivity contribution in [2.75, 3.05) is 30.4 Å². The number of Topliss-reactive ketones (excluding diaryl/α,β-unsaturated/α-hetero) is 2. The van der Waals surface area contributed by atoms with E-state index in [4.69, 9.17) is 19.6 Å². The van der Waals surface area contributed by atoms with Gasteiger partial charge in [-0.15, -0.1) is 0 Å². The minimum absolute atomic E-state index is 0.113. The van der Waals surface area contributed by atoms with Crippen LogP contribution in [0, 0.1) is 0 Å². The van der Waals surface area contributed by atoms with E-state index in [9.17, 15) is 28.8 Å². The molecule has 2 aliphatic rings. The number of esters is 2. The van der Waals surface area contributed by atoms with E-state index in [1.807, 2.05) is 16.8 Å². The highest BCUT2D eigenvalue weighted by molar-refractivity contribution is 5.99. The molecule has 0 radical (unpaired) electrons. The van der Waals surface area contributed by atoms with E-state index in [1.165, 1.54) is 0 Å². The molecule has 0 spiro atoms. The van der Waals surface area contributed by atoms with Crippen molar-refractivity contribution in [3.63, 3.8) is 0 Å². The highest BCUT2D eigenvalue weighted by Gasteiger charge is 2.21. The van der Waals surface area contributed by atoms with Gasteiger partial charge in [0, 0.05) is 74.0 Å². The van der Waals surface area contributed by atoms with Crippen LogP contribution >= 0.6 is 0 Å². The van der Waals surface area contributed by atoms with Gasteiger partial charge in [-0.05, 0) is 93.8 Å². The van der Waals surface area contributed by atoms with E-state index in [1.54, 1.807) is 74.7 Å². The van der Waals surface area contributed by atoms with Gasteiger partial charge in [-0.2, -0.15) is 0 Å². The van der Waals surface area contributed by atoms with E-state index >= 15 is 0 Å². The Balaban J connectivity index is 0.000000198. The standard InChI is InChI=1S/C20H22N2O4.C12H16N2O3.C8H8O2/c1-2-26-20(25)14-6-8-15(9-7-14)21-19(24)11-13-22-12-10-16-17(22)4-3-5-18(16)23;1-2-17-12(16)9-3-5-10(6-4-9)14-11(15)7-8-13;9-7-2-1-3-8-6(7)4-5-10-8/h6-10,12H,2-5,11,13H2,1H3,(H,21,24);3-6H,2,7-8,13H2,1H3,(H,14,15);4-5H,1-3H2. The molecule has 0 fully saturated rings. The minimum Gasteiger partial charge on any atom is -0.469 e. The van der Waals surface area contributed by atoms with E-state index in [0.29, 0.717) is 68.1 Å². The third-order valence-electron chi connectivity index (χ3n) is 8.36. The smallest absolute Gasteiger partial charge is 0.338 e. The maximum Gasteiger partial charge on any atom is 0.338 e. The first-order chi connectivity index (χ1) is 25.6. The monoisotopic (exact) mass is 726 g/mol. The second-order valence-corrected chi connectivity index (χ2v) is 12.2. The van der Waals surface area contributed by atoms with Crippen LogP contribution < -0.4 is 16.4 Å². The summed E-state index contributed by atoms with van der Waals surface area (Å²) in [5.74, 6) is 0.293. The molecule has 13 nitrogen and oxygen atoms in total. The molecule has 4 N–H and O–H groups in total. The number of hydrogen-bond donors (Lipinski definition) is 3. The van der Waals surface area contributed by atoms with Gasteiger partial charge in [-0.25, -0.2) is 9.59 Å². The number of carbonyl (C=O) groups is 6. The number of aryl methyl sites for hydroxylation is 2. The van der Waals surface area contributed by atoms with Crippen LogP contribution in [0.3, 0.4) is 0 Å². The van der Waals surface area contributed by atoms with Crippen molar-refractivity contribution in [3.8, 4) is 0 Å². The number of furan rings is 1. The number of carbonyl (C=O) groups excluding carboxylic acids is 6. The average Bonchev–Trinajstić information content (AvgIpc) is 3.81. The largest absolute Gasteiger partial charge is 0.469 e. The van der Waals surface area contributed by atoms with E-state index in [0.717, 1.165) is 48.3 Å². The first-order valence-electron chi connectivity index (χ1n) is 17.8. The molecule has 6 rings (SSSR count). The van der Waals surface area contributed by atoms with Gasteiger partial charge >= 0.3 is 11.9 Å². The molecular formula is C40H46N4O9. The molecule has 0 saturated heterocycles. The van der Waals surface area contributed by atoms with Crippen LogP contribution in [0.1, 0.15) is 105 Å². The molecule has 2 aromatic carbocycles. The number of benzene rings is 2. The third-order valence-corrected chi connectivity index (χ3v) is 8.36. The summed E-state index contributed by atoms with van der Waals surface area (Å²) in [7, 11) is 0. The number of fused-ring (bicyclic) bond motifs is 2. The van der Waals surface area contributed by atoms with Gasteiger partial charge in [0.1, 0.15) is 5.76 Å². The summed E-state index contributed by atoms with van der Waals surface area (Å²) < 4.78 is 16.9. The number of aromatic nitrogens is 1. The van der Waals surface area contributed by atoms with Crippen molar-refractivity contribution in [3.05, 3.63) is 107 Å². The summed E-state index contributed by atoms with van der Waals surface area (Å²) in [5, 5.41) is 5.49. The molecule has 2 aromatic heterocycles. The summed E-state index contributed by atoms with van der Waals surface area (Å²) >= 11 is 0. The maximum absolute atomic E-state index is 12.2. The quantitative estimate of drug-likeness (QED) is 0.151. The molecule has 2 heterocycles. The summed E-state index contributed by atoms with van der Waals surface area (Å²) in [5.41, 5.74) is 10.1. The first-order valence-corrected chi connectivity index (χ1v) is 17.8. The Hall–Kier alpha value is -5.82. The number of ether oxygens (including phenoxy) is 2. The number of rotatable bonds is 11. The van der Waals surface area contributed by atoms with Gasteiger partial charge in [-0.3, -0.25) is 19.2 Å². The molecule has 0 bridgehead atoms. The van der Waals surface area contributed by atoms with Crippen LogP contribution in [0.15, 0.2) is 77.5 Å². The zero-order chi connectivity index (χ0) is 38.2. The number of nitrogens with two attached hydrogens (primary N) is 1. The molecule has 13 heteroatoms. The number of ketones is 2. The predicted molar refractivity (Wildman–Crippen MR) is 198 cm³/mol. The Bertz CT molecular complexity index is 1870. The van der Waals surface area contributed by atoms with Gasteiger partial charge < -0.3 is 34.8 Å². The normalized spacial score (nSPS) is 12.8. The van der Waals surface area contributed by atoms with Gasteiger partial charge in [0.2, 0.25) is 11.8 Å². The Morgan fingerprint density at radius 3 is 1.75 bits per heavy atom. The lowest BCUT2D eigenvalue weighted by Gasteiger charge is -2.15. The number of hydrogen-bond acceptors (Lipinski definition) is 10. The second kappa shape index (κ2) is 20.3. The van der Waals surface area contributed by atoms with Crippen LogP contribution in [-0.2, 0) is 38.4 Å². The van der Waals surface area contributed by atoms with Crippen molar-refractivity contribution < 1.29 is 42.7 Å². The summed E-state index contributed by atoms with van der Waals surface area (Å²) in [4.78, 5) is 69.4. The van der Waals surface area contributed by atoms with Gasteiger partial charge in [0.05, 0.1) is 36.2 Å². The predicted octanol–water partition coefficient (Wildman–Crippen LogP) is 6.16. The molecular weight excluding hydrogens is 680 g/mol. The molecule has 0 aliphatic heterocycles. The topological polar surface area (TPSA) is 189 Å². The van der Waals surface area contributed by atoms with E-state index in [2.05, 4.69) is 10.6 Å². The van der Waals surface area contributed by atoms with Gasteiger partial charge in [-0.1, -0.05) is 0 Å². The lowest BCUT2D eigenvalue weighted by atomic mass is 9.97. The Kier molecular flexibility index (Phi) is 15.3. The number of nitrogens with one attached hydrogen (secondary N) is 2. The highest BCUT2D eigenvalue weighted by Crippen LogP contribution is 2.23. The van der Waals surface area contributed by atoms with Crippen LogP contribution in [0.4, 0.5) is 11.4 Å². The fourth-order valence-electron chi connectivity index (χ4n) is 5.73. The minimum atomic E-state index is -0.377. The molecule has 0 unspecified atom stereocenters. The lowest BCUT2D eigenvalue weighted by molar-refractivity contribution is -0.117. The number of amides is 2. The Morgan fingerprint density at radius 1 is 0.698 bits per heavy atom. The third kappa shape index (κ3) is 11.9. The molecule has 4 aromatic rings.